The molecule has 4 heteroatoms. The highest BCUT2D eigenvalue weighted by molar-refractivity contribution is 7.80. The van der Waals surface area contributed by atoms with Crippen LogP contribution in [-0.2, 0) is 0 Å². The molecule has 0 aliphatic rings. The summed E-state index contributed by atoms with van der Waals surface area (Å²) in [6.45, 7) is 10.7. The van der Waals surface area contributed by atoms with Crippen molar-refractivity contribution < 1.29 is 4.74 Å². The average Bonchev–Trinajstić information content (AvgIpc) is 2.56. The number of nitrogens with one attached hydrogen (secondary N) is 2. The lowest BCUT2D eigenvalue weighted by Crippen LogP contribution is -2.31. The van der Waals surface area contributed by atoms with Gasteiger partial charge in [0.05, 0.1) is 13.2 Å². The molecule has 0 amide bonds. The Morgan fingerprint density at radius 2 is 1.64 bits per heavy atom. The molecule has 2 aromatic carbocycles. The van der Waals surface area contributed by atoms with Crippen LogP contribution >= 0.6 is 12.2 Å². The Hall–Kier alpha value is -2.07. The van der Waals surface area contributed by atoms with E-state index >= 15 is 0 Å². The Bertz CT molecular complexity index is 738. The molecular formula is C21H28N2OS. The Morgan fingerprint density at radius 1 is 1.00 bits per heavy atom. The number of aryl methyl sites for hydroxylation is 2. The largest absolute Gasteiger partial charge is 0.496 e. The molecule has 0 aliphatic carbocycles. The van der Waals surface area contributed by atoms with E-state index in [0.717, 1.165) is 11.4 Å². The summed E-state index contributed by atoms with van der Waals surface area (Å²) >= 11 is 5.47. The number of anilines is 1. The molecule has 0 fully saturated rings. The number of thiocarbonyl (C=S) groups is 1. The van der Waals surface area contributed by atoms with Crippen LogP contribution < -0.4 is 15.4 Å². The standard InChI is InChI=1S/C21H28N2OS/c1-13(2)18-12-19(15(4)11-20(18)24-6)16(5)22-21(25)23-17-9-7-14(3)8-10-17/h7-13,16H,1-6H3,(H2,22,23,25)/t16-/m1/s1. The molecule has 25 heavy (non-hydrogen) atoms. The predicted octanol–water partition coefficient (Wildman–Crippen LogP) is 5.48. The molecule has 0 heterocycles. The maximum Gasteiger partial charge on any atom is 0.171 e. The molecule has 1 atom stereocenters. The van der Waals surface area contributed by atoms with Gasteiger partial charge in [-0.2, -0.15) is 0 Å². The van der Waals surface area contributed by atoms with Gasteiger partial charge in [-0.05, 0) is 79.9 Å². The fraction of sp³-hybridized carbons (Fsp3) is 0.381. The fourth-order valence-corrected chi connectivity index (χ4v) is 3.18. The molecule has 0 saturated heterocycles. The molecule has 0 saturated carbocycles. The summed E-state index contributed by atoms with van der Waals surface area (Å²) in [6.07, 6.45) is 0. The second-order valence-electron chi connectivity index (χ2n) is 6.79. The van der Waals surface area contributed by atoms with Crippen LogP contribution in [0.2, 0.25) is 0 Å². The van der Waals surface area contributed by atoms with E-state index in [2.05, 4.69) is 69.5 Å². The molecule has 0 bridgehead atoms. The summed E-state index contributed by atoms with van der Waals surface area (Å²) in [5, 5.41) is 7.25. The van der Waals surface area contributed by atoms with Crippen LogP contribution in [0.25, 0.3) is 0 Å². The van der Waals surface area contributed by atoms with Crippen molar-refractivity contribution in [3.05, 3.63) is 58.7 Å². The number of methoxy groups -OCH3 is 1. The van der Waals surface area contributed by atoms with Gasteiger partial charge < -0.3 is 15.4 Å². The molecule has 0 spiro atoms. The minimum Gasteiger partial charge on any atom is -0.496 e. The lowest BCUT2D eigenvalue weighted by molar-refractivity contribution is 0.406. The van der Waals surface area contributed by atoms with Crippen molar-refractivity contribution >= 4 is 23.0 Å². The monoisotopic (exact) mass is 356 g/mol. The third-order valence-corrected chi connectivity index (χ3v) is 4.58. The summed E-state index contributed by atoms with van der Waals surface area (Å²) in [5.74, 6) is 1.35. The van der Waals surface area contributed by atoms with Crippen molar-refractivity contribution in [2.45, 2.75) is 46.6 Å². The molecule has 2 rings (SSSR count). The highest BCUT2D eigenvalue weighted by Crippen LogP contribution is 2.32. The van der Waals surface area contributed by atoms with Crippen LogP contribution in [0.5, 0.6) is 5.75 Å². The van der Waals surface area contributed by atoms with Gasteiger partial charge in [0.1, 0.15) is 5.75 Å². The Labute approximate surface area is 156 Å². The summed E-state index contributed by atoms with van der Waals surface area (Å²) in [6, 6.07) is 12.6. The normalized spacial score (nSPS) is 12.0. The molecule has 0 aliphatic heterocycles. The summed E-state index contributed by atoms with van der Waals surface area (Å²) in [4.78, 5) is 0. The molecule has 2 aromatic rings. The fourth-order valence-electron chi connectivity index (χ4n) is 2.89. The Morgan fingerprint density at radius 3 is 2.20 bits per heavy atom. The van der Waals surface area contributed by atoms with Gasteiger partial charge in [-0.1, -0.05) is 31.5 Å². The number of benzene rings is 2. The molecular weight excluding hydrogens is 328 g/mol. The van der Waals surface area contributed by atoms with Crippen LogP contribution in [0, 0.1) is 13.8 Å². The minimum atomic E-state index is 0.105. The number of hydrogen-bond acceptors (Lipinski definition) is 2. The second kappa shape index (κ2) is 8.34. The molecule has 134 valence electrons. The van der Waals surface area contributed by atoms with E-state index in [4.69, 9.17) is 17.0 Å². The first-order chi connectivity index (χ1) is 11.8. The van der Waals surface area contributed by atoms with E-state index in [1.165, 1.54) is 22.3 Å². The molecule has 0 radical (unpaired) electrons. The summed E-state index contributed by atoms with van der Waals surface area (Å²) < 4.78 is 5.53. The smallest absolute Gasteiger partial charge is 0.171 e. The van der Waals surface area contributed by atoms with Crippen molar-refractivity contribution in [2.75, 3.05) is 12.4 Å². The maximum atomic E-state index is 5.53. The van der Waals surface area contributed by atoms with Gasteiger partial charge in [0.25, 0.3) is 0 Å². The van der Waals surface area contributed by atoms with Crippen LogP contribution in [0.15, 0.2) is 36.4 Å². The SMILES string of the molecule is COc1cc(C)c([C@@H](C)NC(=S)Nc2ccc(C)cc2)cc1C(C)C. The van der Waals surface area contributed by atoms with Crippen molar-refractivity contribution in [3.8, 4) is 5.75 Å². The van der Waals surface area contributed by atoms with E-state index in [-0.39, 0.29) is 6.04 Å². The van der Waals surface area contributed by atoms with E-state index in [1.807, 2.05) is 12.1 Å². The Balaban J connectivity index is 2.14. The van der Waals surface area contributed by atoms with Gasteiger partial charge in [-0.15, -0.1) is 0 Å². The zero-order chi connectivity index (χ0) is 18.6. The van der Waals surface area contributed by atoms with Gasteiger partial charge in [0.15, 0.2) is 5.11 Å². The van der Waals surface area contributed by atoms with E-state index in [9.17, 15) is 0 Å². The van der Waals surface area contributed by atoms with E-state index in [0.29, 0.717) is 11.0 Å². The topological polar surface area (TPSA) is 33.3 Å². The molecule has 2 N–H and O–H groups in total. The zero-order valence-corrected chi connectivity index (χ0v) is 16.8. The molecule has 3 nitrogen and oxygen atoms in total. The van der Waals surface area contributed by atoms with E-state index < -0.39 is 0 Å². The first-order valence-corrected chi connectivity index (χ1v) is 9.05. The van der Waals surface area contributed by atoms with Crippen LogP contribution in [-0.4, -0.2) is 12.2 Å². The highest BCUT2D eigenvalue weighted by atomic mass is 32.1. The van der Waals surface area contributed by atoms with Crippen molar-refractivity contribution in [1.82, 2.24) is 5.32 Å². The van der Waals surface area contributed by atoms with Gasteiger partial charge in [-0.25, -0.2) is 0 Å². The van der Waals surface area contributed by atoms with E-state index in [1.54, 1.807) is 7.11 Å². The van der Waals surface area contributed by atoms with Crippen LogP contribution in [0.1, 0.15) is 55.0 Å². The number of rotatable bonds is 5. The summed E-state index contributed by atoms with van der Waals surface area (Å²) in [5.41, 5.74) is 5.86. The lowest BCUT2D eigenvalue weighted by Gasteiger charge is -2.22. The van der Waals surface area contributed by atoms with Crippen LogP contribution in [0.4, 0.5) is 5.69 Å². The third kappa shape index (κ3) is 4.95. The van der Waals surface area contributed by atoms with Crippen molar-refractivity contribution in [3.63, 3.8) is 0 Å². The quantitative estimate of drug-likeness (QED) is 0.695. The van der Waals surface area contributed by atoms with Gasteiger partial charge in [0.2, 0.25) is 0 Å². The average molecular weight is 357 g/mol. The second-order valence-corrected chi connectivity index (χ2v) is 7.20. The highest BCUT2D eigenvalue weighted by Gasteiger charge is 2.16. The van der Waals surface area contributed by atoms with Crippen molar-refractivity contribution in [1.29, 1.82) is 0 Å². The summed E-state index contributed by atoms with van der Waals surface area (Å²) in [7, 11) is 1.72. The third-order valence-electron chi connectivity index (χ3n) is 4.36. The van der Waals surface area contributed by atoms with Gasteiger partial charge in [-0.3, -0.25) is 0 Å². The zero-order valence-electron chi connectivity index (χ0n) is 15.9. The van der Waals surface area contributed by atoms with Crippen LogP contribution in [0.3, 0.4) is 0 Å². The van der Waals surface area contributed by atoms with Crippen molar-refractivity contribution in [2.24, 2.45) is 0 Å². The first kappa shape index (κ1) is 19.3. The maximum absolute atomic E-state index is 5.53. The molecule has 0 aromatic heterocycles. The number of hydrogen-bond donors (Lipinski definition) is 2. The number of ether oxygens (including phenoxy) is 1. The Kier molecular flexibility index (Phi) is 6.43. The minimum absolute atomic E-state index is 0.105. The van der Waals surface area contributed by atoms with Gasteiger partial charge >= 0.3 is 0 Å². The first-order valence-electron chi connectivity index (χ1n) is 8.64. The lowest BCUT2D eigenvalue weighted by atomic mass is 9.93. The predicted molar refractivity (Wildman–Crippen MR) is 111 cm³/mol. The molecule has 0 unspecified atom stereocenters. The van der Waals surface area contributed by atoms with Gasteiger partial charge in [0, 0.05) is 5.69 Å².